The highest BCUT2D eigenvalue weighted by atomic mass is 32.2. The van der Waals surface area contributed by atoms with Gasteiger partial charge in [0.2, 0.25) is 23.6 Å². The maximum atomic E-state index is 14.6. The molecule has 0 saturated heterocycles. The molecule has 380 valence electrons. The second-order valence-corrected chi connectivity index (χ2v) is 20.9. The molecule has 73 heavy (non-hydrogen) atoms. The highest BCUT2D eigenvalue weighted by Crippen LogP contribution is 2.50. The van der Waals surface area contributed by atoms with Crippen LogP contribution in [0, 0.1) is 11.8 Å². The average Bonchev–Trinajstić information content (AvgIpc) is 3.41. The predicted molar refractivity (Wildman–Crippen MR) is 294 cm³/mol. The van der Waals surface area contributed by atoms with Gasteiger partial charge in [0.1, 0.15) is 24.7 Å². The Morgan fingerprint density at radius 3 is 1.25 bits per heavy atom. The van der Waals surface area contributed by atoms with Gasteiger partial charge in [-0.2, -0.15) is 0 Å². The van der Waals surface area contributed by atoms with Crippen LogP contribution in [0.4, 0.5) is 0 Å². The van der Waals surface area contributed by atoms with E-state index in [1.54, 1.807) is 45.5 Å². The maximum absolute atomic E-state index is 14.6. The molecule has 6 N–H and O–H groups in total. The van der Waals surface area contributed by atoms with Gasteiger partial charge in [0.25, 0.3) is 0 Å². The highest BCUT2D eigenvalue weighted by Gasteiger charge is 2.40. The van der Waals surface area contributed by atoms with E-state index >= 15 is 0 Å². The molecule has 0 spiro atoms. The first kappa shape index (κ1) is 55.4. The number of thioether (sulfide) groups is 2. The van der Waals surface area contributed by atoms with Crippen molar-refractivity contribution >= 4 is 53.1 Å². The average molecular weight is 1020 g/mol. The maximum Gasteiger partial charge on any atom is 0.322 e. The molecule has 0 aliphatic carbocycles. The third-order valence-corrected chi connectivity index (χ3v) is 15.7. The lowest BCUT2D eigenvalue weighted by Crippen LogP contribution is -2.59. The van der Waals surface area contributed by atoms with Crippen LogP contribution in [0.5, 0.6) is 0 Å². The fourth-order valence-electron chi connectivity index (χ4n) is 8.81. The summed E-state index contributed by atoms with van der Waals surface area (Å²) >= 11 is 3.23. The molecule has 0 heterocycles. The number of carbonyl (C=O) groups excluding carboxylic acids is 4. The molecule has 0 unspecified atom stereocenters. The number of carboxylic acids is 1. The molecule has 11 nitrogen and oxygen atoms in total. The van der Waals surface area contributed by atoms with Gasteiger partial charge in [0, 0.05) is 5.75 Å². The number of aliphatic hydroxyl groups excluding tert-OH is 1. The number of aliphatic hydroxyl groups is 1. The van der Waals surface area contributed by atoms with E-state index in [0.29, 0.717) is 12.2 Å². The number of carbonyl (C=O) groups is 5. The van der Waals surface area contributed by atoms with E-state index in [4.69, 9.17) is 0 Å². The van der Waals surface area contributed by atoms with Crippen LogP contribution in [0.3, 0.4) is 0 Å². The van der Waals surface area contributed by atoms with Crippen molar-refractivity contribution in [2.24, 2.45) is 11.8 Å². The molecule has 13 heteroatoms. The Hall–Kier alpha value is -6.93. The summed E-state index contributed by atoms with van der Waals surface area (Å²) in [6, 6.07) is 57.3. The number of hydrogen-bond acceptors (Lipinski definition) is 8. The Kier molecular flexibility index (Phi) is 20.6. The molecular weight excluding hydrogens is 953 g/mol. The predicted octanol–water partition coefficient (Wildman–Crippen LogP) is 9.10. The van der Waals surface area contributed by atoms with E-state index in [0.717, 1.165) is 33.4 Å². The van der Waals surface area contributed by atoms with E-state index in [2.05, 4.69) is 57.7 Å². The van der Waals surface area contributed by atoms with Crippen molar-refractivity contribution in [3.05, 3.63) is 228 Å². The fourth-order valence-corrected chi connectivity index (χ4v) is 11.8. The van der Waals surface area contributed by atoms with Gasteiger partial charge in [-0.1, -0.05) is 222 Å². The van der Waals surface area contributed by atoms with Crippen LogP contribution in [-0.2, 0) is 33.5 Å². The van der Waals surface area contributed by atoms with Crippen molar-refractivity contribution < 1.29 is 34.2 Å². The van der Waals surface area contributed by atoms with Gasteiger partial charge in [-0.15, -0.1) is 23.5 Å². The number of allylic oxidation sites excluding steroid dienone is 1. The lowest BCUT2D eigenvalue weighted by atomic mass is 9.84. The zero-order valence-corrected chi connectivity index (χ0v) is 43.4. The van der Waals surface area contributed by atoms with Crippen molar-refractivity contribution in [3.8, 4) is 0 Å². The molecule has 0 aromatic heterocycles. The first-order chi connectivity index (χ1) is 35.3. The minimum absolute atomic E-state index is 0.00153. The number of hydrogen-bond donors (Lipinski definition) is 6. The van der Waals surface area contributed by atoms with Crippen molar-refractivity contribution in [2.75, 3.05) is 18.1 Å². The Bertz CT molecular complexity index is 2520. The third-order valence-electron chi connectivity index (χ3n) is 12.5. The molecule has 0 aliphatic heterocycles. The number of rotatable bonds is 26. The van der Waals surface area contributed by atoms with Gasteiger partial charge in [-0.25, -0.2) is 0 Å². The highest BCUT2D eigenvalue weighted by molar-refractivity contribution is 8.00. The molecule has 4 amide bonds. The van der Waals surface area contributed by atoms with Gasteiger partial charge in [-0.3, -0.25) is 24.0 Å². The summed E-state index contributed by atoms with van der Waals surface area (Å²) in [5, 5.41) is 31.3. The van der Waals surface area contributed by atoms with E-state index in [1.807, 2.05) is 152 Å². The lowest BCUT2D eigenvalue weighted by molar-refractivity contribution is -0.139. The molecule has 4 atom stereocenters. The van der Waals surface area contributed by atoms with Crippen molar-refractivity contribution in [3.63, 3.8) is 0 Å². The van der Waals surface area contributed by atoms with Crippen LogP contribution in [0.1, 0.15) is 73.9 Å². The minimum Gasteiger partial charge on any atom is -0.480 e. The van der Waals surface area contributed by atoms with Crippen LogP contribution in [0.15, 0.2) is 194 Å². The van der Waals surface area contributed by atoms with Gasteiger partial charge in [0.15, 0.2) is 0 Å². The standard InChI is InChI=1S/C60H66N4O7S2/c1-42(2)54(57(70)61-40-53(67)68)64-56(69)51(41-73-60(47-31-17-8-18-32-47,48-33-19-9-20-34-48)49-35-21-10-22-36-49)62-58(71)55(43(3)4)63-52(66)39-50(65)37-23-24-38-72-59(44-25-11-5-12-26-44,45-27-13-6-14-28-45)46-29-15-7-16-30-46/h5-23,25-37,42-43,50-51,54-55,65H,24,38-41H2,1-4H3,(H,61,70)(H,62,71)(H,63,66)(H,64,69)(H,67,68)/b37-23+/t50-,51-,54-,55-/m1/s1. The lowest BCUT2D eigenvalue weighted by Gasteiger charge is -2.37. The number of carboxylic acid groups (broad SMARTS) is 1. The first-order valence-corrected chi connectivity index (χ1v) is 26.6. The second-order valence-electron chi connectivity index (χ2n) is 18.4. The zero-order valence-electron chi connectivity index (χ0n) is 41.7. The van der Waals surface area contributed by atoms with E-state index in [1.165, 1.54) is 11.8 Å². The minimum atomic E-state index is -1.25. The molecule has 0 saturated carbocycles. The van der Waals surface area contributed by atoms with E-state index in [-0.39, 0.29) is 12.2 Å². The third kappa shape index (κ3) is 14.6. The van der Waals surface area contributed by atoms with Gasteiger partial charge in [0.05, 0.1) is 22.0 Å². The monoisotopic (exact) mass is 1020 g/mol. The topological polar surface area (TPSA) is 174 Å². The first-order valence-electron chi connectivity index (χ1n) is 24.6. The van der Waals surface area contributed by atoms with Crippen molar-refractivity contribution in [1.29, 1.82) is 0 Å². The SMILES string of the molecule is CC(C)[C@@H](NC(=O)C[C@H](O)/C=C/CCSC(c1ccccc1)(c1ccccc1)c1ccccc1)C(=O)N[C@H](CSC(c1ccccc1)(c1ccccc1)c1ccccc1)C(=O)N[C@@H](C(=O)NCC(=O)O)C(C)C. The van der Waals surface area contributed by atoms with E-state index < -0.39 is 81.7 Å². The largest absolute Gasteiger partial charge is 0.480 e. The quantitative estimate of drug-likeness (QED) is 0.0176. The van der Waals surface area contributed by atoms with Crippen LogP contribution >= 0.6 is 23.5 Å². The summed E-state index contributed by atoms with van der Waals surface area (Å²) < 4.78 is -1.38. The normalized spacial score (nSPS) is 13.4. The molecule has 6 aromatic rings. The molecule has 6 aromatic carbocycles. The Labute approximate surface area is 438 Å². The van der Waals surface area contributed by atoms with E-state index in [9.17, 15) is 34.2 Å². The Morgan fingerprint density at radius 1 is 0.507 bits per heavy atom. The van der Waals surface area contributed by atoms with Crippen LogP contribution in [0.25, 0.3) is 0 Å². The van der Waals surface area contributed by atoms with Gasteiger partial charge in [-0.05, 0) is 57.4 Å². The van der Waals surface area contributed by atoms with Crippen molar-refractivity contribution in [2.45, 2.75) is 74.3 Å². The number of nitrogens with one attached hydrogen (secondary N) is 4. The molecular formula is C60H66N4O7S2. The second kappa shape index (κ2) is 27.2. The van der Waals surface area contributed by atoms with Gasteiger partial charge >= 0.3 is 5.97 Å². The molecule has 0 fully saturated rings. The molecule has 0 radical (unpaired) electrons. The molecule has 0 bridgehead atoms. The Balaban J connectivity index is 1.19. The number of benzene rings is 6. The summed E-state index contributed by atoms with van der Waals surface area (Å²) in [6.07, 6.45) is 2.64. The Morgan fingerprint density at radius 2 is 0.877 bits per heavy atom. The van der Waals surface area contributed by atoms with Gasteiger partial charge < -0.3 is 31.5 Å². The van der Waals surface area contributed by atoms with Crippen LogP contribution < -0.4 is 21.3 Å². The summed E-state index contributed by atoms with van der Waals surface area (Å²) in [4.78, 5) is 67.4. The summed E-state index contributed by atoms with van der Waals surface area (Å²) in [6.45, 7) is 6.35. The number of aliphatic carboxylic acids is 1. The molecule has 6 rings (SSSR count). The summed E-state index contributed by atoms with van der Waals surface area (Å²) in [5.41, 5.74) is 6.21. The summed E-state index contributed by atoms with van der Waals surface area (Å²) in [7, 11) is 0. The number of amides is 4. The smallest absolute Gasteiger partial charge is 0.322 e. The van der Waals surface area contributed by atoms with Crippen LogP contribution in [0.2, 0.25) is 0 Å². The van der Waals surface area contributed by atoms with Crippen molar-refractivity contribution in [1.82, 2.24) is 21.3 Å². The summed E-state index contributed by atoms with van der Waals surface area (Å²) in [5.74, 6) is -3.98. The molecule has 0 aliphatic rings. The zero-order chi connectivity index (χ0) is 52.2. The van der Waals surface area contributed by atoms with Crippen LogP contribution in [-0.4, -0.2) is 82.1 Å². The fraction of sp³-hybridized carbons (Fsp3) is 0.283.